The number of hydrogen-bond acceptors (Lipinski definition) is 3. The van der Waals surface area contributed by atoms with Crippen LogP contribution in [0.5, 0.6) is 0 Å². The molecule has 1 aromatic rings. The molecular formula is C14H17F3N2O. The molecule has 0 spiro atoms. The van der Waals surface area contributed by atoms with Gasteiger partial charge in [0.25, 0.3) is 0 Å². The maximum Gasteiger partial charge on any atom is 0.416 e. The summed E-state index contributed by atoms with van der Waals surface area (Å²) in [4.78, 5) is 0. The van der Waals surface area contributed by atoms with Crippen molar-refractivity contribution in [3.63, 3.8) is 0 Å². The van der Waals surface area contributed by atoms with Crippen molar-refractivity contribution in [3.05, 3.63) is 35.4 Å². The average molecular weight is 286 g/mol. The highest BCUT2D eigenvalue weighted by molar-refractivity contribution is 5.29. The van der Waals surface area contributed by atoms with Gasteiger partial charge in [0.1, 0.15) is 0 Å². The Bertz CT molecular complexity index is 492. The largest absolute Gasteiger partial charge is 0.416 e. The van der Waals surface area contributed by atoms with Gasteiger partial charge in [-0.2, -0.15) is 13.2 Å². The molecule has 6 heteroatoms. The highest BCUT2D eigenvalue weighted by Crippen LogP contribution is 2.45. The highest BCUT2D eigenvalue weighted by atomic mass is 19.4. The predicted octanol–water partition coefficient (Wildman–Crippen LogP) is 2.78. The fourth-order valence-corrected chi connectivity index (χ4v) is 3.40. The van der Waals surface area contributed by atoms with Crippen LogP contribution in [0.2, 0.25) is 0 Å². The maximum atomic E-state index is 12.8. The number of rotatable bonds is 3. The molecule has 2 aliphatic heterocycles. The second-order valence-corrected chi connectivity index (χ2v) is 5.54. The van der Waals surface area contributed by atoms with Crippen molar-refractivity contribution < 1.29 is 17.9 Å². The van der Waals surface area contributed by atoms with E-state index < -0.39 is 11.7 Å². The van der Waals surface area contributed by atoms with Crippen LogP contribution in [0.3, 0.4) is 0 Å². The van der Waals surface area contributed by atoms with Crippen LogP contribution in [0.25, 0.3) is 0 Å². The first-order valence-corrected chi connectivity index (χ1v) is 6.78. The zero-order valence-electron chi connectivity index (χ0n) is 10.9. The van der Waals surface area contributed by atoms with E-state index in [0.717, 1.165) is 25.3 Å². The van der Waals surface area contributed by atoms with Crippen molar-refractivity contribution in [2.45, 2.75) is 43.7 Å². The monoisotopic (exact) mass is 286 g/mol. The summed E-state index contributed by atoms with van der Waals surface area (Å²) < 4.78 is 44.1. The molecule has 3 N–H and O–H groups in total. The van der Waals surface area contributed by atoms with Crippen LogP contribution >= 0.6 is 0 Å². The Labute approximate surface area is 115 Å². The van der Waals surface area contributed by atoms with Gasteiger partial charge in [-0.25, -0.2) is 0 Å². The van der Waals surface area contributed by atoms with Crippen LogP contribution in [0, 0.1) is 5.92 Å². The molecule has 2 fully saturated rings. The Hall–Kier alpha value is -1.11. The second kappa shape index (κ2) is 5.02. The first-order chi connectivity index (χ1) is 9.49. The molecule has 2 heterocycles. The quantitative estimate of drug-likeness (QED) is 0.663. The van der Waals surface area contributed by atoms with Crippen molar-refractivity contribution in [1.82, 2.24) is 5.43 Å². The maximum absolute atomic E-state index is 12.8. The summed E-state index contributed by atoms with van der Waals surface area (Å²) >= 11 is 0. The fraction of sp³-hybridized carbons (Fsp3) is 0.571. The van der Waals surface area contributed by atoms with Gasteiger partial charge in [-0.15, -0.1) is 0 Å². The van der Waals surface area contributed by atoms with Gasteiger partial charge in [0.15, 0.2) is 0 Å². The number of ether oxygens (including phenoxy) is 1. The summed E-state index contributed by atoms with van der Waals surface area (Å²) in [6, 6.07) is 5.07. The van der Waals surface area contributed by atoms with E-state index in [0.29, 0.717) is 5.56 Å². The van der Waals surface area contributed by atoms with Crippen molar-refractivity contribution in [2.75, 3.05) is 0 Å². The average Bonchev–Trinajstić information content (AvgIpc) is 3.02. The van der Waals surface area contributed by atoms with E-state index in [9.17, 15) is 13.2 Å². The predicted molar refractivity (Wildman–Crippen MR) is 67.5 cm³/mol. The molecular weight excluding hydrogens is 269 g/mol. The zero-order chi connectivity index (χ0) is 14.3. The molecule has 1 aromatic carbocycles. The van der Waals surface area contributed by atoms with E-state index in [1.807, 2.05) is 0 Å². The SMILES string of the molecule is NNC(c1cccc(C(F)(F)F)c1)C1CC2CCC1O2. The van der Waals surface area contributed by atoms with Crippen LogP contribution < -0.4 is 11.3 Å². The molecule has 4 atom stereocenters. The van der Waals surface area contributed by atoms with Gasteiger partial charge in [-0.05, 0) is 37.0 Å². The Balaban J connectivity index is 1.86. The van der Waals surface area contributed by atoms with Gasteiger partial charge in [0, 0.05) is 5.92 Å². The van der Waals surface area contributed by atoms with Crippen LogP contribution in [-0.4, -0.2) is 12.2 Å². The minimum atomic E-state index is -4.33. The molecule has 2 aliphatic rings. The van der Waals surface area contributed by atoms with Crippen molar-refractivity contribution in [2.24, 2.45) is 11.8 Å². The standard InChI is InChI=1S/C14H17F3N2O/c15-14(16,17)9-3-1-2-8(6-9)13(19-18)11-7-10-4-5-12(11)20-10/h1-3,6,10-13,19H,4-5,7,18H2. The van der Waals surface area contributed by atoms with Gasteiger partial charge < -0.3 is 4.74 Å². The molecule has 110 valence electrons. The van der Waals surface area contributed by atoms with Gasteiger partial charge in [0.2, 0.25) is 0 Å². The number of fused-ring (bicyclic) bond motifs is 2. The first-order valence-electron chi connectivity index (χ1n) is 6.78. The third-order valence-electron chi connectivity index (χ3n) is 4.33. The number of halogens is 3. The number of hydrazine groups is 1. The molecule has 0 aliphatic carbocycles. The minimum Gasteiger partial charge on any atom is -0.375 e. The van der Waals surface area contributed by atoms with E-state index >= 15 is 0 Å². The molecule has 3 nitrogen and oxygen atoms in total. The highest BCUT2D eigenvalue weighted by Gasteiger charge is 2.44. The third-order valence-corrected chi connectivity index (χ3v) is 4.33. The lowest BCUT2D eigenvalue weighted by atomic mass is 9.81. The Morgan fingerprint density at radius 3 is 2.65 bits per heavy atom. The van der Waals surface area contributed by atoms with E-state index in [1.54, 1.807) is 6.07 Å². The normalized spacial score (nSPS) is 30.7. The Kier molecular flexibility index (Phi) is 3.48. The fourth-order valence-electron chi connectivity index (χ4n) is 3.40. The Morgan fingerprint density at radius 2 is 2.10 bits per heavy atom. The van der Waals surface area contributed by atoms with Crippen molar-refractivity contribution in [1.29, 1.82) is 0 Å². The van der Waals surface area contributed by atoms with Crippen LogP contribution in [0.4, 0.5) is 13.2 Å². The molecule has 0 aromatic heterocycles. The molecule has 0 amide bonds. The number of nitrogens with one attached hydrogen (secondary N) is 1. The topological polar surface area (TPSA) is 47.3 Å². The van der Waals surface area contributed by atoms with Gasteiger partial charge in [-0.3, -0.25) is 11.3 Å². The summed E-state index contributed by atoms with van der Waals surface area (Å²) in [7, 11) is 0. The van der Waals surface area contributed by atoms with Crippen LogP contribution in [0.1, 0.15) is 36.4 Å². The summed E-state index contributed by atoms with van der Waals surface area (Å²) in [5, 5.41) is 0. The van der Waals surface area contributed by atoms with Gasteiger partial charge in [-0.1, -0.05) is 12.1 Å². The molecule has 4 unspecified atom stereocenters. The van der Waals surface area contributed by atoms with E-state index in [-0.39, 0.29) is 24.2 Å². The molecule has 0 saturated carbocycles. The molecule has 20 heavy (non-hydrogen) atoms. The van der Waals surface area contributed by atoms with E-state index in [2.05, 4.69) is 5.43 Å². The third kappa shape index (κ3) is 2.43. The van der Waals surface area contributed by atoms with E-state index in [1.165, 1.54) is 12.1 Å². The van der Waals surface area contributed by atoms with Crippen LogP contribution in [-0.2, 0) is 10.9 Å². The molecule has 2 bridgehead atoms. The number of alkyl halides is 3. The number of hydrogen-bond donors (Lipinski definition) is 2. The van der Waals surface area contributed by atoms with Crippen molar-refractivity contribution >= 4 is 0 Å². The zero-order valence-corrected chi connectivity index (χ0v) is 10.9. The Morgan fingerprint density at radius 1 is 1.30 bits per heavy atom. The molecule has 0 radical (unpaired) electrons. The molecule has 3 rings (SSSR count). The van der Waals surface area contributed by atoms with Crippen molar-refractivity contribution in [3.8, 4) is 0 Å². The summed E-state index contributed by atoms with van der Waals surface area (Å²) in [6.45, 7) is 0. The summed E-state index contributed by atoms with van der Waals surface area (Å²) in [6.07, 6.45) is -1.12. The van der Waals surface area contributed by atoms with Crippen LogP contribution in [0.15, 0.2) is 24.3 Å². The van der Waals surface area contributed by atoms with E-state index in [4.69, 9.17) is 10.6 Å². The lowest BCUT2D eigenvalue weighted by Gasteiger charge is -2.28. The number of benzene rings is 1. The molecule has 2 saturated heterocycles. The second-order valence-electron chi connectivity index (χ2n) is 5.54. The smallest absolute Gasteiger partial charge is 0.375 e. The summed E-state index contributed by atoms with van der Waals surface area (Å²) in [5.41, 5.74) is 2.61. The minimum absolute atomic E-state index is 0.107. The summed E-state index contributed by atoms with van der Waals surface area (Å²) in [5.74, 6) is 5.73. The lowest BCUT2D eigenvalue weighted by Crippen LogP contribution is -2.37. The first kappa shape index (κ1) is 13.9. The number of nitrogens with two attached hydrogens (primary N) is 1. The van der Waals surface area contributed by atoms with Gasteiger partial charge >= 0.3 is 6.18 Å². The van der Waals surface area contributed by atoms with Gasteiger partial charge in [0.05, 0.1) is 23.8 Å². The lowest BCUT2D eigenvalue weighted by molar-refractivity contribution is -0.137.